The first-order valence-electron chi connectivity index (χ1n) is 5.41. The second-order valence-electron chi connectivity index (χ2n) is 4.09. The van der Waals surface area contributed by atoms with Crippen LogP contribution in [0, 0.1) is 0 Å². The Morgan fingerprint density at radius 3 is 2.78 bits per heavy atom. The fourth-order valence-electron chi connectivity index (χ4n) is 2.01. The van der Waals surface area contributed by atoms with Crippen molar-refractivity contribution in [2.24, 2.45) is 0 Å². The molecule has 1 aliphatic heterocycles. The zero-order chi connectivity index (χ0) is 13.3. The van der Waals surface area contributed by atoms with Crippen LogP contribution in [0.15, 0.2) is 6.20 Å². The summed E-state index contributed by atoms with van der Waals surface area (Å²) in [6.07, 6.45) is 0.654. The highest BCUT2D eigenvalue weighted by atomic mass is 35.5. The van der Waals surface area contributed by atoms with Gasteiger partial charge in [-0.25, -0.2) is 14.8 Å². The fourth-order valence-corrected chi connectivity index (χ4v) is 2.43. The van der Waals surface area contributed by atoms with E-state index in [0.717, 1.165) is 0 Å². The molecule has 1 unspecified atom stereocenters. The fraction of sp³-hybridized carbons (Fsp3) is 0.500. The molecule has 0 radical (unpaired) electrons. The van der Waals surface area contributed by atoms with Crippen molar-refractivity contribution in [3.05, 3.63) is 16.6 Å². The molecule has 1 fully saturated rings. The summed E-state index contributed by atoms with van der Waals surface area (Å²) in [6.45, 7) is 3.39. The molecule has 2 rings (SSSR count). The molecule has 0 saturated carbocycles. The summed E-state index contributed by atoms with van der Waals surface area (Å²) < 4.78 is 0. The van der Waals surface area contributed by atoms with Crippen molar-refractivity contribution in [1.29, 1.82) is 0 Å². The van der Waals surface area contributed by atoms with Crippen LogP contribution in [0.1, 0.15) is 6.92 Å². The Bertz CT molecular complexity index is 471. The van der Waals surface area contributed by atoms with E-state index in [2.05, 4.69) is 9.97 Å². The average Bonchev–Trinajstić information content (AvgIpc) is 2.28. The molecule has 18 heavy (non-hydrogen) atoms. The molecule has 1 N–H and O–H groups in total. The maximum absolute atomic E-state index is 11.0. The molecule has 0 spiro atoms. The summed E-state index contributed by atoms with van der Waals surface area (Å²) in [6, 6.07) is -0.108. The van der Waals surface area contributed by atoms with Gasteiger partial charge in [0.1, 0.15) is 0 Å². The molecule has 6 nitrogen and oxygen atoms in total. The number of hydrogen-bond acceptors (Lipinski definition) is 4. The highest BCUT2D eigenvalue weighted by Crippen LogP contribution is 2.26. The molecule has 2 heterocycles. The van der Waals surface area contributed by atoms with Gasteiger partial charge in [0.25, 0.3) is 0 Å². The summed E-state index contributed by atoms with van der Waals surface area (Å²) in [5.74, 6) is 0. The monoisotopic (exact) mass is 290 g/mol. The third-order valence-electron chi connectivity index (χ3n) is 2.91. The molecular weight excluding hydrogens is 279 g/mol. The smallest absolute Gasteiger partial charge is 0.407 e. The van der Waals surface area contributed by atoms with E-state index in [0.29, 0.717) is 25.3 Å². The van der Waals surface area contributed by atoms with E-state index < -0.39 is 6.09 Å². The van der Waals surface area contributed by atoms with Crippen LogP contribution in [0.2, 0.25) is 10.4 Å². The maximum atomic E-state index is 11.0. The first-order chi connectivity index (χ1) is 8.49. The van der Waals surface area contributed by atoms with Crippen LogP contribution in [-0.4, -0.2) is 51.7 Å². The molecule has 1 aromatic rings. The molecule has 1 aromatic heterocycles. The van der Waals surface area contributed by atoms with Gasteiger partial charge in [0, 0.05) is 25.7 Å². The van der Waals surface area contributed by atoms with E-state index in [1.807, 2.05) is 11.8 Å². The van der Waals surface area contributed by atoms with Gasteiger partial charge in [0.15, 0.2) is 5.15 Å². The number of carbonyl (C=O) groups is 1. The lowest BCUT2D eigenvalue weighted by molar-refractivity contribution is 0.122. The summed E-state index contributed by atoms with van der Waals surface area (Å²) >= 11 is 11.6. The third-order valence-corrected chi connectivity index (χ3v) is 3.37. The van der Waals surface area contributed by atoms with Crippen LogP contribution in [0.4, 0.5) is 10.5 Å². The Morgan fingerprint density at radius 2 is 2.22 bits per heavy atom. The molecule has 0 aliphatic carbocycles. The second-order valence-corrected chi connectivity index (χ2v) is 4.78. The predicted molar refractivity (Wildman–Crippen MR) is 68.5 cm³/mol. The van der Waals surface area contributed by atoms with Gasteiger partial charge in [-0.05, 0) is 18.5 Å². The minimum Gasteiger partial charge on any atom is -0.465 e. The topological polar surface area (TPSA) is 69.6 Å². The van der Waals surface area contributed by atoms with Gasteiger partial charge >= 0.3 is 6.09 Å². The Kier molecular flexibility index (Phi) is 3.77. The van der Waals surface area contributed by atoms with Crippen molar-refractivity contribution in [2.45, 2.75) is 13.0 Å². The van der Waals surface area contributed by atoms with Gasteiger partial charge in [-0.15, -0.1) is 0 Å². The average molecular weight is 291 g/mol. The number of rotatable bonds is 1. The van der Waals surface area contributed by atoms with Crippen molar-refractivity contribution in [3.8, 4) is 0 Å². The molecule has 1 atom stereocenters. The summed E-state index contributed by atoms with van der Waals surface area (Å²) in [4.78, 5) is 22.1. The van der Waals surface area contributed by atoms with Gasteiger partial charge < -0.3 is 14.9 Å². The van der Waals surface area contributed by atoms with Crippen LogP contribution < -0.4 is 4.90 Å². The first-order valence-corrected chi connectivity index (χ1v) is 6.17. The van der Waals surface area contributed by atoms with Crippen molar-refractivity contribution < 1.29 is 9.90 Å². The molecule has 0 bridgehead atoms. The normalized spacial score (nSPS) is 20.1. The van der Waals surface area contributed by atoms with Gasteiger partial charge in [-0.1, -0.05) is 11.6 Å². The second kappa shape index (κ2) is 5.16. The van der Waals surface area contributed by atoms with Crippen molar-refractivity contribution in [2.75, 3.05) is 24.5 Å². The van der Waals surface area contributed by atoms with Gasteiger partial charge in [-0.3, -0.25) is 0 Å². The Balaban J connectivity index is 2.15. The van der Waals surface area contributed by atoms with E-state index in [9.17, 15) is 4.79 Å². The lowest BCUT2D eigenvalue weighted by atomic mass is 10.2. The Hall–Kier alpha value is -1.27. The highest BCUT2D eigenvalue weighted by molar-refractivity contribution is 6.33. The molecule has 1 amide bonds. The number of amides is 1. The van der Waals surface area contributed by atoms with Gasteiger partial charge in [0.2, 0.25) is 5.28 Å². The number of halogens is 2. The molecule has 1 aliphatic rings. The lowest BCUT2D eigenvalue weighted by Gasteiger charge is -2.39. The number of piperazine rings is 1. The zero-order valence-corrected chi connectivity index (χ0v) is 11.2. The third kappa shape index (κ3) is 2.59. The molecule has 1 saturated heterocycles. The van der Waals surface area contributed by atoms with Crippen LogP contribution in [0.3, 0.4) is 0 Å². The standard InChI is InChI=1S/C10H12Cl2N4O2/c1-6-5-15(2-3-16(6)10(17)18)7-4-13-9(12)14-8(7)11/h4,6H,2-3,5H2,1H3,(H,17,18). The largest absolute Gasteiger partial charge is 0.465 e. The lowest BCUT2D eigenvalue weighted by Crippen LogP contribution is -2.53. The van der Waals surface area contributed by atoms with Crippen LogP contribution in [0.25, 0.3) is 0 Å². The molecular formula is C10H12Cl2N4O2. The van der Waals surface area contributed by atoms with E-state index in [4.69, 9.17) is 28.3 Å². The Labute approximate surface area is 114 Å². The number of nitrogens with zero attached hydrogens (tertiary/aromatic N) is 4. The van der Waals surface area contributed by atoms with E-state index in [1.165, 1.54) is 4.90 Å². The van der Waals surface area contributed by atoms with Crippen LogP contribution in [0.5, 0.6) is 0 Å². The summed E-state index contributed by atoms with van der Waals surface area (Å²) in [5.41, 5.74) is 0.679. The van der Waals surface area contributed by atoms with Crippen LogP contribution >= 0.6 is 23.2 Å². The maximum Gasteiger partial charge on any atom is 0.407 e. The first kappa shape index (κ1) is 13.2. The molecule has 8 heteroatoms. The number of hydrogen-bond donors (Lipinski definition) is 1. The molecule has 0 aromatic carbocycles. The number of aromatic nitrogens is 2. The number of carboxylic acid groups (broad SMARTS) is 1. The van der Waals surface area contributed by atoms with E-state index in [-0.39, 0.29) is 16.5 Å². The molecule has 98 valence electrons. The predicted octanol–water partition coefficient (Wildman–Crippen LogP) is 1.97. The zero-order valence-electron chi connectivity index (χ0n) is 9.68. The van der Waals surface area contributed by atoms with Gasteiger partial charge in [0.05, 0.1) is 11.9 Å². The van der Waals surface area contributed by atoms with Crippen molar-refractivity contribution in [3.63, 3.8) is 0 Å². The summed E-state index contributed by atoms with van der Waals surface area (Å²) in [5, 5.41) is 9.38. The Morgan fingerprint density at radius 1 is 1.50 bits per heavy atom. The minimum atomic E-state index is -0.902. The summed E-state index contributed by atoms with van der Waals surface area (Å²) in [7, 11) is 0. The van der Waals surface area contributed by atoms with Crippen molar-refractivity contribution >= 4 is 35.0 Å². The van der Waals surface area contributed by atoms with E-state index in [1.54, 1.807) is 6.20 Å². The number of anilines is 1. The quantitative estimate of drug-likeness (QED) is 0.633. The van der Waals surface area contributed by atoms with Crippen molar-refractivity contribution in [1.82, 2.24) is 14.9 Å². The highest BCUT2D eigenvalue weighted by Gasteiger charge is 2.28. The van der Waals surface area contributed by atoms with Gasteiger partial charge in [-0.2, -0.15) is 0 Å². The minimum absolute atomic E-state index is 0.0981. The SMILES string of the molecule is CC1CN(c2cnc(Cl)nc2Cl)CCN1C(=O)O. The van der Waals surface area contributed by atoms with E-state index >= 15 is 0 Å². The van der Waals surface area contributed by atoms with Crippen LogP contribution in [-0.2, 0) is 0 Å².